The number of hydrogen-bond acceptors (Lipinski definition) is 3. The first-order valence-electron chi connectivity index (χ1n) is 5.15. The van der Waals surface area contributed by atoms with Gasteiger partial charge in [0.05, 0.1) is 12.3 Å². The number of carbonyl (C=O) groups is 1. The zero-order chi connectivity index (χ0) is 13.1. The molecule has 1 unspecified atom stereocenters. The standard InChI is InChI=1S/C9H14F3N3O2/c10-9(11,12)6-2-1-3-15(5-6)8(16)4-7(13)14-17/h6,17H,1-5H2,(H2,13,14). The van der Waals surface area contributed by atoms with Gasteiger partial charge in [-0.1, -0.05) is 5.16 Å². The summed E-state index contributed by atoms with van der Waals surface area (Å²) >= 11 is 0. The molecule has 0 saturated carbocycles. The second kappa shape index (κ2) is 5.24. The highest BCUT2D eigenvalue weighted by Gasteiger charge is 2.42. The van der Waals surface area contributed by atoms with Crippen molar-refractivity contribution in [2.24, 2.45) is 16.8 Å². The monoisotopic (exact) mass is 253 g/mol. The average molecular weight is 253 g/mol. The van der Waals surface area contributed by atoms with E-state index in [1.165, 1.54) is 0 Å². The zero-order valence-electron chi connectivity index (χ0n) is 9.07. The molecule has 8 heteroatoms. The summed E-state index contributed by atoms with van der Waals surface area (Å²) in [5.74, 6) is -2.33. The first kappa shape index (κ1) is 13.6. The SMILES string of the molecule is NC(CC(=O)N1CCCC(C(F)(F)F)C1)=NO. The lowest BCUT2D eigenvalue weighted by molar-refractivity contribution is -0.187. The first-order valence-corrected chi connectivity index (χ1v) is 5.15. The van der Waals surface area contributed by atoms with Crippen LogP contribution in [0.5, 0.6) is 0 Å². The summed E-state index contributed by atoms with van der Waals surface area (Å²) < 4.78 is 37.4. The molecule has 98 valence electrons. The molecule has 0 aromatic rings. The predicted molar refractivity (Wildman–Crippen MR) is 53.4 cm³/mol. The molecular weight excluding hydrogens is 239 g/mol. The van der Waals surface area contributed by atoms with E-state index in [1.54, 1.807) is 0 Å². The number of nitrogens with two attached hydrogens (primary N) is 1. The number of alkyl halides is 3. The van der Waals surface area contributed by atoms with E-state index < -0.39 is 18.0 Å². The van der Waals surface area contributed by atoms with Gasteiger partial charge < -0.3 is 15.8 Å². The Hall–Kier alpha value is -1.47. The van der Waals surface area contributed by atoms with E-state index in [-0.39, 0.29) is 31.8 Å². The highest BCUT2D eigenvalue weighted by Crippen LogP contribution is 2.33. The van der Waals surface area contributed by atoms with Crippen molar-refractivity contribution in [2.75, 3.05) is 13.1 Å². The van der Waals surface area contributed by atoms with Gasteiger partial charge in [-0.15, -0.1) is 0 Å². The summed E-state index contributed by atoms with van der Waals surface area (Å²) in [6, 6.07) is 0. The number of hydrogen-bond donors (Lipinski definition) is 2. The molecule has 1 fully saturated rings. The van der Waals surface area contributed by atoms with Crippen LogP contribution in [0.1, 0.15) is 19.3 Å². The van der Waals surface area contributed by atoms with Crippen molar-refractivity contribution < 1.29 is 23.2 Å². The second-order valence-electron chi connectivity index (χ2n) is 3.99. The van der Waals surface area contributed by atoms with Crippen molar-refractivity contribution in [3.63, 3.8) is 0 Å². The molecule has 3 N–H and O–H groups in total. The molecule has 0 aliphatic carbocycles. The Balaban J connectivity index is 2.58. The quantitative estimate of drug-likeness (QED) is 0.332. The van der Waals surface area contributed by atoms with E-state index in [0.29, 0.717) is 6.42 Å². The number of carbonyl (C=O) groups excluding carboxylic acids is 1. The number of amides is 1. The fourth-order valence-electron chi connectivity index (χ4n) is 1.77. The lowest BCUT2D eigenvalue weighted by Crippen LogP contribution is -2.45. The highest BCUT2D eigenvalue weighted by molar-refractivity contribution is 5.98. The number of likely N-dealkylation sites (tertiary alicyclic amines) is 1. The van der Waals surface area contributed by atoms with E-state index >= 15 is 0 Å². The molecule has 0 radical (unpaired) electrons. The molecule has 1 heterocycles. The lowest BCUT2D eigenvalue weighted by atomic mass is 9.97. The van der Waals surface area contributed by atoms with Crippen LogP contribution in [0.25, 0.3) is 0 Å². The molecule has 1 rings (SSSR count). The van der Waals surface area contributed by atoms with Gasteiger partial charge in [-0.2, -0.15) is 13.2 Å². The minimum absolute atomic E-state index is 0.0385. The Kier molecular flexibility index (Phi) is 4.19. The molecule has 1 amide bonds. The third kappa shape index (κ3) is 3.79. The van der Waals surface area contributed by atoms with Crippen molar-refractivity contribution in [2.45, 2.75) is 25.4 Å². The van der Waals surface area contributed by atoms with Gasteiger partial charge in [-0.3, -0.25) is 4.79 Å². The van der Waals surface area contributed by atoms with Crippen LogP contribution in [0.2, 0.25) is 0 Å². The van der Waals surface area contributed by atoms with Crippen LogP contribution in [-0.4, -0.2) is 41.1 Å². The molecule has 0 aromatic carbocycles. The van der Waals surface area contributed by atoms with Crippen molar-refractivity contribution in [3.8, 4) is 0 Å². The summed E-state index contributed by atoms with van der Waals surface area (Å²) in [7, 11) is 0. The van der Waals surface area contributed by atoms with Gasteiger partial charge in [0, 0.05) is 13.1 Å². The topological polar surface area (TPSA) is 78.9 Å². The largest absolute Gasteiger partial charge is 0.409 e. The summed E-state index contributed by atoms with van der Waals surface area (Å²) in [6.45, 7) is -0.0643. The first-order chi connectivity index (χ1) is 7.84. The van der Waals surface area contributed by atoms with E-state index in [1.807, 2.05) is 0 Å². The smallest absolute Gasteiger partial charge is 0.393 e. The highest BCUT2D eigenvalue weighted by atomic mass is 19.4. The minimum atomic E-state index is -4.28. The van der Waals surface area contributed by atoms with Crippen molar-refractivity contribution in [1.82, 2.24) is 4.90 Å². The maximum absolute atomic E-state index is 12.5. The van der Waals surface area contributed by atoms with Crippen molar-refractivity contribution >= 4 is 11.7 Å². The Morgan fingerprint density at radius 3 is 2.71 bits per heavy atom. The van der Waals surface area contributed by atoms with Crippen LogP contribution in [0.3, 0.4) is 0 Å². The van der Waals surface area contributed by atoms with Crippen LogP contribution in [0.4, 0.5) is 13.2 Å². The van der Waals surface area contributed by atoms with Gasteiger partial charge in [0.15, 0.2) is 0 Å². The van der Waals surface area contributed by atoms with Crippen LogP contribution in [0.15, 0.2) is 5.16 Å². The molecule has 1 aliphatic heterocycles. The van der Waals surface area contributed by atoms with Crippen LogP contribution in [0, 0.1) is 5.92 Å². The third-order valence-corrected chi connectivity index (χ3v) is 2.70. The zero-order valence-corrected chi connectivity index (χ0v) is 9.07. The number of halogens is 3. The van der Waals surface area contributed by atoms with Crippen molar-refractivity contribution in [3.05, 3.63) is 0 Å². The Bertz CT molecular complexity index is 317. The van der Waals surface area contributed by atoms with Crippen LogP contribution in [-0.2, 0) is 4.79 Å². The fraction of sp³-hybridized carbons (Fsp3) is 0.778. The minimum Gasteiger partial charge on any atom is -0.409 e. The Morgan fingerprint density at radius 1 is 1.53 bits per heavy atom. The molecule has 5 nitrogen and oxygen atoms in total. The number of rotatable bonds is 2. The summed E-state index contributed by atoms with van der Waals surface area (Å²) in [4.78, 5) is 12.6. The molecule has 0 bridgehead atoms. The molecule has 0 aromatic heterocycles. The number of piperidine rings is 1. The molecular formula is C9H14F3N3O2. The predicted octanol–water partition coefficient (Wildman–Crippen LogP) is 0.924. The van der Waals surface area contributed by atoms with Gasteiger partial charge in [0.25, 0.3) is 0 Å². The second-order valence-corrected chi connectivity index (χ2v) is 3.99. The van der Waals surface area contributed by atoms with E-state index in [9.17, 15) is 18.0 Å². The summed E-state index contributed by atoms with van der Waals surface area (Å²) in [6.07, 6.45) is -4.29. The van der Waals surface area contributed by atoms with E-state index in [2.05, 4.69) is 5.16 Å². The van der Waals surface area contributed by atoms with Gasteiger partial charge in [-0.25, -0.2) is 0 Å². The fourth-order valence-corrected chi connectivity index (χ4v) is 1.77. The molecule has 1 atom stereocenters. The summed E-state index contributed by atoms with van der Waals surface area (Å²) in [5, 5.41) is 10.9. The maximum atomic E-state index is 12.5. The van der Waals surface area contributed by atoms with Gasteiger partial charge in [-0.05, 0) is 12.8 Å². The Labute approximate surface area is 96.1 Å². The van der Waals surface area contributed by atoms with Gasteiger partial charge in [0.1, 0.15) is 5.84 Å². The van der Waals surface area contributed by atoms with Crippen LogP contribution < -0.4 is 5.73 Å². The van der Waals surface area contributed by atoms with E-state index in [0.717, 1.165) is 4.90 Å². The number of nitrogens with zero attached hydrogens (tertiary/aromatic N) is 2. The van der Waals surface area contributed by atoms with Crippen molar-refractivity contribution in [1.29, 1.82) is 0 Å². The third-order valence-electron chi connectivity index (χ3n) is 2.70. The van der Waals surface area contributed by atoms with Gasteiger partial charge in [0.2, 0.25) is 5.91 Å². The molecule has 17 heavy (non-hydrogen) atoms. The molecule has 1 saturated heterocycles. The normalized spacial score (nSPS) is 22.6. The van der Waals surface area contributed by atoms with Crippen LogP contribution >= 0.6 is 0 Å². The number of amidine groups is 1. The maximum Gasteiger partial charge on any atom is 0.393 e. The lowest BCUT2D eigenvalue weighted by Gasteiger charge is -2.33. The summed E-state index contributed by atoms with van der Waals surface area (Å²) in [5.41, 5.74) is 5.13. The average Bonchev–Trinajstić information content (AvgIpc) is 2.28. The number of oxime groups is 1. The Morgan fingerprint density at radius 2 is 2.18 bits per heavy atom. The molecule has 0 spiro atoms. The van der Waals surface area contributed by atoms with Gasteiger partial charge >= 0.3 is 6.18 Å². The molecule has 1 aliphatic rings. The van der Waals surface area contributed by atoms with E-state index in [4.69, 9.17) is 10.9 Å².